The summed E-state index contributed by atoms with van der Waals surface area (Å²) in [6, 6.07) is 14.5. The van der Waals surface area contributed by atoms with Crippen LogP contribution >= 0.6 is 0 Å². The van der Waals surface area contributed by atoms with Crippen molar-refractivity contribution in [2.75, 3.05) is 23.3 Å². The maximum absolute atomic E-state index is 12.0. The van der Waals surface area contributed by atoms with Crippen LogP contribution in [0.4, 0.5) is 16.2 Å². The molecule has 0 bridgehead atoms. The highest BCUT2D eigenvalue weighted by atomic mass is 16.3. The standard InChI is InChI=1S/C18H21N3O2/c22-17-8-3-5-14(11-17)13-19-18(23)20-15-6-4-7-16(12-15)21-9-1-2-10-21/h3-8,11-12,22H,1-2,9-10,13H2,(H2,19,20,23). The van der Waals surface area contributed by atoms with Crippen molar-refractivity contribution in [1.82, 2.24) is 5.32 Å². The van der Waals surface area contributed by atoms with E-state index in [4.69, 9.17) is 0 Å². The summed E-state index contributed by atoms with van der Waals surface area (Å²) in [5.41, 5.74) is 2.78. The normalized spacial score (nSPS) is 13.8. The number of carbonyl (C=O) groups excluding carboxylic acids is 1. The Morgan fingerprint density at radius 1 is 1.09 bits per heavy atom. The molecule has 0 aliphatic carbocycles. The van der Waals surface area contributed by atoms with Crippen molar-refractivity contribution in [3.63, 3.8) is 0 Å². The molecule has 0 aromatic heterocycles. The van der Waals surface area contributed by atoms with Gasteiger partial charge in [-0.25, -0.2) is 4.79 Å². The van der Waals surface area contributed by atoms with Crippen LogP contribution in [0.1, 0.15) is 18.4 Å². The molecular weight excluding hydrogens is 290 g/mol. The topological polar surface area (TPSA) is 64.6 Å². The number of aromatic hydroxyl groups is 1. The Morgan fingerprint density at radius 3 is 2.65 bits per heavy atom. The second-order valence-electron chi connectivity index (χ2n) is 5.72. The Hall–Kier alpha value is -2.69. The van der Waals surface area contributed by atoms with Crippen LogP contribution < -0.4 is 15.5 Å². The van der Waals surface area contributed by atoms with Crippen LogP contribution in [0.3, 0.4) is 0 Å². The van der Waals surface area contributed by atoms with Gasteiger partial charge in [0.05, 0.1) is 0 Å². The number of rotatable bonds is 4. The predicted molar refractivity (Wildman–Crippen MR) is 91.9 cm³/mol. The summed E-state index contributed by atoms with van der Waals surface area (Å²) in [7, 11) is 0. The van der Waals surface area contributed by atoms with E-state index in [1.807, 2.05) is 24.3 Å². The number of phenols is 1. The summed E-state index contributed by atoms with van der Waals surface area (Å²) in [6.45, 7) is 2.52. The summed E-state index contributed by atoms with van der Waals surface area (Å²) in [6.07, 6.45) is 2.45. The number of hydrogen-bond acceptors (Lipinski definition) is 3. The summed E-state index contributed by atoms with van der Waals surface area (Å²) in [5.74, 6) is 0.197. The molecule has 1 aliphatic heterocycles. The molecular formula is C18H21N3O2. The first-order valence-corrected chi connectivity index (χ1v) is 7.88. The first-order valence-electron chi connectivity index (χ1n) is 7.88. The fraction of sp³-hybridized carbons (Fsp3) is 0.278. The molecule has 1 saturated heterocycles. The first kappa shape index (κ1) is 15.2. The second-order valence-corrected chi connectivity index (χ2v) is 5.72. The van der Waals surface area contributed by atoms with E-state index in [-0.39, 0.29) is 11.8 Å². The number of anilines is 2. The van der Waals surface area contributed by atoms with Gasteiger partial charge in [0.25, 0.3) is 0 Å². The summed E-state index contributed by atoms with van der Waals surface area (Å²) in [4.78, 5) is 14.3. The molecule has 2 amide bonds. The molecule has 0 spiro atoms. The summed E-state index contributed by atoms with van der Waals surface area (Å²) >= 11 is 0. The third-order valence-electron chi connectivity index (χ3n) is 3.94. The van der Waals surface area contributed by atoms with Gasteiger partial charge >= 0.3 is 6.03 Å². The van der Waals surface area contributed by atoms with Gasteiger partial charge in [0, 0.05) is 31.0 Å². The van der Waals surface area contributed by atoms with Crippen LogP contribution in [0.2, 0.25) is 0 Å². The number of benzene rings is 2. The monoisotopic (exact) mass is 311 g/mol. The minimum Gasteiger partial charge on any atom is -0.508 e. The van der Waals surface area contributed by atoms with E-state index in [9.17, 15) is 9.90 Å². The fourth-order valence-corrected chi connectivity index (χ4v) is 2.78. The largest absolute Gasteiger partial charge is 0.508 e. The van der Waals surface area contributed by atoms with E-state index in [0.717, 1.165) is 30.0 Å². The maximum atomic E-state index is 12.0. The second kappa shape index (κ2) is 7.05. The van der Waals surface area contributed by atoms with E-state index in [1.165, 1.54) is 12.8 Å². The lowest BCUT2D eigenvalue weighted by Gasteiger charge is -2.18. The average molecular weight is 311 g/mol. The van der Waals surface area contributed by atoms with Gasteiger partial charge in [-0.3, -0.25) is 0 Å². The molecule has 3 rings (SSSR count). The molecule has 0 unspecified atom stereocenters. The zero-order valence-corrected chi connectivity index (χ0v) is 13.0. The van der Waals surface area contributed by atoms with Crippen molar-refractivity contribution in [2.24, 2.45) is 0 Å². The van der Waals surface area contributed by atoms with E-state index in [0.29, 0.717) is 6.54 Å². The van der Waals surface area contributed by atoms with Gasteiger partial charge in [-0.05, 0) is 48.7 Å². The Labute approximate surface area is 135 Å². The zero-order valence-electron chi connectivity index (χ0n) is 13.0. The minimum atomic E-state index is -0.257. The quantitative estimate of drug-likeness (QED) is 0.811. The number of hydrogen-bond donors (Lipinski definition) is 3. The van der Waals surface area contributed by atoms with E-state index < -0.39 is 0 Å². The number of urea groups is 1. The Morgan fingerprint density at radius 2 is 1.87 bits per heavy atom. The van der Waals surface area contributed by atoms with Crippen LogP contribution in [0.25, 0.3) is 0 Å². The van der Waals surface area contributed by atoms with Gasteiger partial charge in [-0.2, -0.15) is 0 Å². The number of amides is 2. The highest BCUT2D eigenvalue weighted by Gasteiger charge is 2.12. The minimum absolute atomic E-state index is 0.197. The van der Waals surface area contributed by atoms with Crippen molar-refractivity contribution >= 4 is 17.4 Å². The van der Waals surface area contributed by atoms with Crippen LogP contribution in [0.5, 0.6) is 5.75 Å². The lowest BCUT2D eigenvalue weighted by molar-refractivity contribution is 0.251. The average Bonchev–Trinajstić information content (AvgIpc) is 3.08. The molecule has 5 nitrogen and oxygen atoms in total. The van der Waals surface area contributed by atoms with Crippen molar-refractivity contribution in [3.05, 3.63) is 54.1 Å². The highest BCUT2D eigenvalue weighted by molar-refractivity contribution is 5.89. The van der Waals surface area contributed by atoms with Gasteiger partial charge in [-0.15, -0.1) is 0 Å². The molecule has 5 heteroatoms. The van der Waals surface area contributed by atoms with E-state index in [2.05, 4.69) is 21.6 Å². The van der Waals surface area contributed by atoms with Crippen molar-refractivity contribution in [3.8, 4) is 5.75 Å². The lowest BCUT2D eigenvalue weighted by atomic mass is 10.2. The molecule has 2 aromatic carbocycles. The van der Waals surface area contributed by atoms with Gasteiger partial charge in [0.1, 0.15) is 5.75 Å². The Balaban J connectivity index is 1.56. The van der Waals surface area contributed by atoms with Gasteiger partial charge in [-0.1, -0.05) is 18.2 Å². The number of nitrogens with one attached hydrogen (secondary N) is 2. The molecule has 120 valence electrons. The lowest BCUT2D eigenvalue weighted by Crippen LogP contribution is -2.28. The molecule has 0 radical (unpaired) electrons. The van der Waals surface area contributed by atoms with Gasteiger partial charge in [0.15, 0.2) is 0 Å². The SMILES string of the molecule is O=C(NCc1cccc(O)c1)Nc1cccc(N2CCCC2)c1. The van der Waals surface area contributed by atoms with Crippen LogP contribution in [-0.2, 0) is 6.54 Å². The number of carbonyl (C=O) groups is 1. The van der Waals surface area contributed by atoms with Crippen LogP contribution in [0, 0.1) is 0 Å². The van der Waals surface area contributed by atoms with E-state index >= 15 is 0 Å². The van der Waals surface area contributed by atoms with E-state index in [1.54, 1.807) is 18.2 Å². The smallest absolute Gasteiger partial charge is 0.319 e. The van der Waals surface area contributed by atoms with Crippen molar-refractivity contribution < 1.29 is 9.90 Å². The number of phenolic OH excluding ortho intramolecular Hbond substituents is 1. The van der Waals surface area contributed by atoms with Crippen LogP contribution in [0.15, 0.2) is 48.5 Å². The first-order chi connectivity index (χ1) is 11.2. The molecule has 2 aromatic rings. The molecule has 23 heavy (non-hydrogen) atoms. The maximum Gasteiger partial charge on any atom is 0.319 e. The molecule has 0 saturated carbocycles. The zero-order chi connectivity index (χ0) is 16.1. The van der Waals surface area contributed by atoms with Crippen molar-refractivity contribution in [2.45, 2.75) is 19.4 Å². The summed E-state index contributed by atoms with van der Waals surface area (Å²) in [5, 5.41) is 15.1. The van der Waals surface area contributed by atoms with Crippen molar-refractivity contribution in [1.29, 1.82) is 0 Å². The third kappa shape index (κ3) is 4.16. The number of nitrogens with zero attached hydrogens (tertiary/aromatic N) is 1. The Kier molecular flexibility index (Phi) is 4.66. The Bertz CT molecular complexity index is 681. The van der Waals surface area contributed by atoms with Gasteiger partial charge < -0.3 is 20.6 Å². The molecule has 1 aliphatic rings. The van der Waals surface area contributed by atoms with Crippen LogP contribution in [-0.4, -0.2) is 24.2 Å². The van der Waals surface area contributed by atoms with Gasteiger partial charge in [0.2, 0.25) is 0 Å². The third-order valence-corrected chi connectivity index (χ3v) is 3.94. The fourth-order valence-electron chi connectivity index (χ4n) is 2.78. The molecule has 0 atom stereocenters. The molecule has 3 N–H and O–H groups in total. The highest BCUT2D eigenvalue weighted by Crippen LogP contribution is 2.23. The molecule has 1 heterocycles. The molecule has 1 fully saturated rings. The predicted octanol–water partition coefficient (Wildman–Crippen LogP) is 3.31. The summed E-state index contributed by atoms with van der Waals surface area (Å²) < 4.78 is 0.